The maximum absolute atomic E-state index is 13.0. The Balaban J connectivity index is 1.97. The number of benzene rings is 2. The molecule has 0 aromatic heterocycles. The first-order valence-electron chi connectivity index (χ1n) is 10.4. The van der Waals surface area contributed by atoms with Crippen LogP contribution in [0.2, 0.25) is 0 Å². The smallest absolute Gasteiger partial charge is 0.254 e. The van der Waals surface area contributed by atoms with Crippen molar-refractivity contribution in [2.24, 2.45) is 0 Å². The normalized spacial score (nSPS) is 16.9. The fourth-order valence-corrected chi connectivity index (χ4v) is 3.76. The SMILES string of the molecule is CCN(CC)CCN/C=C1\C(=O)NC(c2ccccc2)c2cc(OC)c(OC)cc21. The van der Waals surface area contributed by atoms with Crippen molar-refractivity contribution < 1.29 is 14.3 Å². The number of fused-ring (bicyclic) bond motifs is 1. The molecule has 0 aliphatic carbocycles. The molecule has 30 heavy (non-hydrogen) atoms. The van der Waals surface area contributed by atoms with Gasteiger partial charge in [-0.3, -0.25) is 4.79 Å². The van der Waals surface area contributed by atoms with Crippen LogP contribution in [0.4, 0.5) is 0 Å². The Morgan fingerprint density at radius 2 is 1.73 bits per heavy atom. The third kappa shape index (κ3) is 4.60. The van der Waals surface area contributed by atoms with E-state index in [9.17, 15) is 4.79 Å². The van der Waals surface area contributed by atoms with E-state index in [4.69, 9.17) is 9.47 Å². The van der Waals surface area contributed by atoms with Gasteiger partial charge in [-0.1, -0.05) is 44.2 Å². The summed E-state index contributed by atoms with van der Waals surface area (Å²) in [6.45, 7) is 8.00. The summed E-state index contributed by atoms with van der Waals surface area (Å²) in [5.74, 6) is 1.13. The maximum atomic E-state index is 13.0. The highest BCUT2D eigenvalue weighted by Gasteiger charge is 2.31. The minimum Gasteiger partial charge on any atom is -0.493 e. The number of amides is 1. The van der Waals surface area contributed by atoms with Gasteiger partial charge in [0.1, 0.15) is 0 Å². The Morgan fingerprint density at radius 1 is 1.07 bits per heavy atom. The summed E-state index contributed by atoms with van der Waals surface area (Å²) in [6.07, 6.45) is 1.81. The molecule has 0 saturated heterocycles. The Morgan fingerprint density at radius 3 is 2.37 bits per heavy atom. The zero-order valence-corrected chi connectivity index (χ0v) is 18.2. The van der Waals surface area contributed by atoms with E-state index in [1.165, 1.54) is 0 Å². The van der Waals surface area contributed by atoms with Crippen molar-refractivity contribution in [3.05, 3.63) is 65.4 Å². The van der Waals surface area contributed by atoms with Gasteiger partial charge in [0.25, 0.3) is 5.91 Å². The van der Waals surface area contributed by atoms with Gasteiger partial charge in [-0.15, -0.1) is 0 Å². The second-order valence-corrected chi connectivity index (χ2v) is 7.15. The van der Waals surface area contributed by atoms with Gasteiger partial charge in [0, 0.05) is 19.3 Å². The number of methoxy groups -OCH3 is 2. The standard InChI is InChI=1S/C24H31N3O3/c1-5-27(6-2)13-12-25-16-20-18-14-21(29-3)22(30-4)15-19(18)23(26-24(20)28)17-10-8-7-9-11-17/h7-11,14-16,23,25H,5-6,12-13H2,1-4H3,(H,26,28)/b20-16-. The monoisotopic (exact) mass is 409 g/mol. The Kier molecular flexibility index (Phi) is 7.36. The largest absolute Gasteiger partial charge is 0.493 e. The van der Waals surface area contributed by atoms with Gasteiger partial charge in [-0.2, -0.15) is 0 Å². The molecular formula is C24H31N3O3. The van der Waals surface area contributed by atoms with Gasteiger partial charge in [0.05, 0.1) is 25.8 Å². The average molecular weight is 410 g/mol. The lowest BCUT2D eigenvalue weighted by Crippen LogP contribution is -2.36. The molecule has 1 unspecified atom stereocenters. The summed E-state index contributed by atoms with van der Waals surface area (Å²) in [7, 11) is 3.22. The number of ether oxygens (including phenoxy) is 2. The zero-order valence-electron chi connectivity index (χ0n) is 18.2. The predicted molar refractivity (Wildman–Crippen MR) is 120 cm³/mol. The van der Waals surface area contributed by atoms with Crippen molar-refractivity contribution in [3.63, 3.8) is 0 Å². The van der Waals surface area contributed by atoms with E-state index in [1.807, 2.05) is 48.7 Å². The molecule has 2 N–H and O–H groups in total. The number of rotatable bonds is 9. The van der Waals surface area contributed by atoms with Crippen LogP contribution >= 0.6 is 0 Å². The van der Waals surface area contributed by atoms with Crippen molar-refractivity contribution in [2.75, 3.05) is 40.4 Å². The number of likely N-dealkylation sites (N-methyl/N-ethyl adjacent to an activating group) is 1. The molecule has 6 heteroatoms. The van der Waals surface area contributed by atoms with Crippen molar-refractivity contribution in [1.82, 2.24) is 15.5 Å². The van der Waals surface area contributed by atoms with E-state index < -0.39 is 0 Å². The Hall–Kier alpha value is -2.99. The molecule has 160 valence electrons. The summed E-state index contributed by atoms with van der Waals surface area (Å²) >= 11 is 0. The average Bonchev–Trinajstić information content (AvgIpc) is 2.79. The lowest BCUT2D eigenvalue weighted by Gasteiger charge is -2.30. The molecule has 0 saturated carbocycles. The van der Waals surface area contributed by atoms with Gasteiger partial charge in [0.15, 0.2) is 11.5 Å². The highest BCUT2D eigenvalue weighted by molar-refractivity contribution is 6.21. The lowest BCUT2D eigenvalue weighted by atomic mass is 9.86. The summed E-state index contributed by atoms with van der Waals surface area (Å²) in [5, 5.41) is 6.46. The fraction of sp³-hybridized carbons (Fsp3) is 0.375. The number of carbonyl (C=O) groups excluding carboxylic acids is 1. The second-order valence-electron chi connectivity index (χ2n) is 7.15. The topological polar surface area (TPSA) is 62.8 Å². The maximum Gasteiger partial charge on any atom is 0.254 e. The molecule has 0 spiro atoms. The summed E-state index contributed by atoms with van der Waals surface area (Å²) in [5.41, 5.74) is 3.45. The minimum absolute atomic E-state index is 0.112. The first-order chi connectivity index (χ1) is 14.6. The molecule has 0 radical (unpaired) electrons. The number of carbonyl (C=O) groups is 1. The molecule has 1 heterocycles. The van der Waals surface area contributed by atoms with Crippen LogP contribution in [0, 0.1) is 0 Å². The van der Waals surface area contributed by atoms with E-state index >= 15 is 0 Å². The summed E-state index contributed by atoms with van der Waals surface area (Å²) in [6, 6.07) is 13.5. The van der Waals surface area contributed by atoms with Crippen molar-refractivity contribution in [3.8, 4) is 11.5 Å². The first kappa shape index (κ1) is 21.7. The zero-order chi connectivity index (χ0) is 21.5. The molecule has 1 aliphatic heterocycles. The molecule has 0 bridgehead atoms. The van der Waals surface area contributed by atoms with Gasteiger partial charge >= 0.3 is 0 Å². The second kappa shape index (κ2) is 10.2. The third-order valence-corrected chi connectivity index (χ3v) is 5.52. The molecule has 3 rings (SSSR count). The van der Waals surface area contributed by atoms with Crippen molar-refractivity contribution in [1.29, 1.82) is 0 Å². The fourth-order valence-electron chi connectivity index (χ4n) is 3.76. The number of hydrogen-bond acceptors (Lipinski definition) is 5. The van der Waals surface area contributed by atoms with Crippen LogP contribution in [0.5, 0.6) is 11.5 Å². The molecule has 1 aliphatic rings. The van der Waals surface area contributed by atoms with E-state index in [0.717, 1.165) is 42.9 Å². The van der Waals surface area contributed by atoms with Crippen LogP contribution in [-0.4, -0.2) is 51.2 Å². The minimum atomic E-state index is -0.249. The van der Waals surface area contributed by atoms with E-state index in [-0.39, 0.29) is 11.9 Å². The predicted octanol–water partition coefficient (Wildman–Crippen LogP) is 3.20. The van der Waals surface area contributed by atoms with E-state index in [1.54, 1.807) is 14.2 Å². The van der Waals surface area contributed by atoms with Gasteiger partial charge < -0.3 is 25.0 Å². The van der Waals surface area contributed by atoms with Crippen LogP contribution in [0.3, 0.4) is 0 Å². The van der Waals surface area contributed by atoms with Crippen LogP contribution in [0.25, 0.3) is 5.57 Å². The van der Waals surface area contributed by atoms with Crippen molar-refractivity contribution >= 4 is 11.5 Å². The van der Waals surface area contributed by atoms with Gasteiger partial charge in [-0.25, -0.2) is 0 Å². The van der Waals surface area contributed by atoms with Crippen LogP contribution in [0.1, 0.15) is 36.6 Å². The number of nitrogens with one attached hydrogen (secondary N) is 2. The Labute approximate surface area is 178 Å². The molecular weight excluding hydrogens is 378 g/mol. The molecule has 1 atom stereocenters. The van der Waals surface area contributed by atoms with Crippen LogP contribution < -0.4 is 20.1 Å². The summed E-state index contributed by atoms with van der Waals surface area (Å²) in [4.78, 5) is 15.4. The van der Waals surface area contributed by atoms with Crippen molar-refractivity contribution in [2.45, 2.75) is 19.9 Å². The van der Waals surface area contributed by atoms with Gasteiger partial charge in [0.2, 0.25) is 0 Å². The molecule has 1 amide bonds. The summed E-state index contributed by atoms with van der Waals surface area (Å²) < 4.78 is 11.0. The van der Waals surface area contributed by atoms with Crippen LogP contribution in [-0.2, 0) is 4.79 Å². The Bertz CT molecular complexity index is 892. The van der Waals surface area contributed by atoms with E-state index in [2.05, 4.69) is 29.4 Å². The van der Waals surface area contributed by atoms with Crippen LogP contribution in [0.15, 0.2) is 48.7 Å². The highest BCUT2D eigenvalue weighted by Crippen LogP contribution is 2.40. The third-order valence-electron chi connectivity index (χ3n) is 5.52. The first-order valence-corrected chi connectivity index (χ1v) is 10.4. The molecule has 0 fully saturated rings. The lowest BCUT2D eigenvalue weighted by molar-refractivity contribution is -0.116. The quantitative estimate of drug-likeness (QED) is 0.492. The van der Waals surface area contributed by atoms with E-state index in [0.29, 0.717) is 17.1 Å². The molecule has 6 nitrogen and oxygen atoms in total. The number of nitrogens with zero attached hydrogens (tertiary/aromatic N) is 1. The van der Waals surface area contributed by atoms with Gasteiger partial charge in [-0.05, 0) is 41.9 Å². The molecule has 2 aromatic carbocycles. The molecule has 2 aromatic rings. The highest BCUT2D eigenvalue weighted by atomic mass is 16.5. The number of hydrogen-bond donors (Lipinski definition) is 2.